The highest BCUT2D eigenvalue weighted by atomic mass is 28.4. The molecular weight excluding hydrogens is 765 g/mol. The van der Waals surface area contributed by atoms with Crippen molar-refractivity contribution >= 4 is 26.2 Å². The van der Waals surface area contributed by atoms with E-state index in [-0.39, 0.29) is 37.9 Å². The van der Waals surface area contributed by atoms with Gasteiger partial charge in [-0.05, 0) is 76.7 Å². The third-order valence-electron chi connectivity index (χ3n) is 10.4. The highest BCUT2D eigenvalue weighted by Gasteiger charge is 2.82. The van der Waals surface area contributed by atoms with E-state index in [0.717, 1.165) is 31.8 Å². The van der Waals surface area contributed by atoms with Crippen LogP contribution in [-0.4, -0.2) is 105 Å². The molecule has 4 rings (SSSR count). The van der Waals surface area contributed by atoms with Crippen molar-refractivity contribution in [2.45, 2.75) is 147 Å². The second kappa shape index (κ2) is 19.6. The average molecular weight is 827 g/mol. The van der Waals surface area contributed by atoms with Crippen molar-refractivity contribution in [2.75, 3.05) is 20.8 Å². The molecule has 0 aromatic heterocycles. The third-order valence-corrected chi connectivity index (χ3v) is 11.3. The Morgan fingerprint density at radius 3 is 2.03 bits per heavy atom. The number of methoxy groups -OCH3 is 2. The highest BCUT2D eigenvalue weighted by Crippen LogP contribution is 2.54. The molecule has 320 valence electrons. The number of ether oxygens (including phenoxy) is 8. The van der Waals surface area contributed by atoms with Gasteiger partial charge in [0.1, 0.15) is 18.3 Å². The maximum absolute atomic E-state index is 15.0. The fourth-order valence-corrected chi connectivity index (χ4v) is 9.00. The fraction of sp³-hybridized carbons (Fsp3) is 0.614. The van der Waals surface area contributed by atoms with Gasteiger partial charge in [-0.15, -0.1) is 0 Å². The van der Waals surface area contributed by atoms with Gasteiger partial charge in [0.15, 0.2) is 19.9 Å². The monoisotopic (exact) mass is 826 g/mol. The van der Waals surface area contributed by atoms with E-state index < -0.39 is 73.4 Å². The van der Waals surface area contributed by atoms with Crippen LogP contribution in [0.3, 0.4) is 0 Å². The van der Waals surface area contributed by atoms with Crippen molar-refractivity contribution in [3.8, 4) is 11.8 Å². The SMILES string of the molecule is CCOC(=O)[C@@](O[Si](C)(C)C)([C@@H]1OC(CC)(CC)O[C@H]1C(O)C#CC[C@@H](OCc1ccccc1)[C@H](C)Cc1ccccc1)[C@@]1(C(=O)OC)OC(C)(C)O[C@@H]1C(=O)OC. The first-order valence-corrected chi connectivity index (χ1v) is 23.4. The molecular formula is C44H62O13Si. The number of rotatable bonds is 18. The van der Waals surface area contributed by atoms with Crippen molar-refractivity contribution in [3.05, 3.63) is 71.8 Å². The smallest absolute Gasteiger partial charge is 0.345 e. The molecule has 2 saturated heterocycles. The minimum atomic E-state index is -3.07. The Hall–Kier alpha value is -3.65. The molecule has 0 saturated carbocycles. The molecule has 58 heavy (non-hydrogen) atoms. The topological polar surface area (TPSA) is 155 Å². The first-order valence-electron chi connectivity index (χ1n) is 20.0. The van der Waals surface area contributed by atoms with E-state index in [1.54, 1.807) is 26.6 Å². The molecule has 0 spiro atoms. The molecule has 0 amide bonds. The molecule has 13 nitrogen and oxygen atoms in total. The first kappa shape index (κ1) is 47.0. The molecule has 2 aliphatic rings. The van der Waals surface area contributed by atoms with Gasteiger partial charge >= 0.3 is 17.9 Å². The summed E-state index contributed by atoms with van der Waals surface area (Å²) in [7, 11) is -0.874. The normalized spacial score (nSPS) is 25.0. The summed E-state index contributed by atoms with van der Waals surface area (Å²) in [6, 6.07) is 19.9. The molecule has 2 aromatic carbocycles. The Morgan fingerprint density at radius 1 is 0.897 bits per heavy atom. The second-order valence-electron chi connectivity index (χ2n) is 16.1. The number of carbonyl (C=O) groups excluding carboxylic acids is 3. The van der Waals surface area contributed by atoms with E-state index in [0.29, 0.717) is 6.61 Å². The van der Waals surface area contributed by atoms with Crippen LogP contribution in [0.15, 0.2) is 60.7 Å². The molecule has 0 aliphatic carbocycles. The van der Waals surface area contributed by atoms with E-state index in [2.05, 4.69) is 30.9 Å². The maximum atomic E-state index is 15.0. The summed E-state index contributed by atoms with van der Waals surface area (Å²) in [5.41, 5.74) is -3.29. The van der Waals surface area contributed by atoms with Gasteiger partial charge in [-0.25, -0.2) is 14.4 Å². The van der Waals surface area contributed by atoms with Gasteiger partial charge in [0, 0.05) is 6.42 Å². The molecule has 0 bridgehead atoms. The van der Waals surface area contributed by atoms with Gasteiger partial charge in [0.25, 0.3) is 0 Å². The van der Waals surface area contributed by atoms with Gasteiger partial charge in [-0.3, -0.25) is 0 Å². The average Bonchev–Trinajstić information content (AvgIpc) is 3.74. The highest BCUT2D eigenvalue weighted by molar-refractivity contribution is 6.70. The first-order chi connectivity index (χ1) is 27.4. The Kier molecular flexibility index (Phi) is 15.9. The maximum Gasteiger partial charge on any atom is 0.345 e. The molecule has 14 heteroatoms. The van der Waals surface area contributed by atoms with Crippen molar-refractivity contribution in [3.63, 3.8) is 0 Å². The molecule has 1 unspecified atom stereocenters. The predicted octanol–water partition coefficient (Wildman–Crippen LogP) is 5.90. The lowest BCUT2D eigenvalue weighted by Gasteiger charge is -2.50. The van der Waals surface area contributed by atoms with Crippen LogP contribution in [0.2, 0.25) is 19.6 Å². The van der Waals surface area contributed by atoms with Gasteiger partial charge in [-0.1, -0.05) is 93.3 Å². The lowest BCUT2D eigenvalue weighted by molar-refractivity contribution is -0.259. The minimum Gasteiger partial charge on any atom is -0.467 e. The zero-order valence-corrected chi connectivity index (χ0v) is 36.8. The molecule has 2 fully saturated rings. The zero-order chi connectivity index (χ0) is 42.9. The number of esters is 3. The molecule has 8 atom stereocenters. The molecule has 2 aromatic rings. The van der Waals surface area contributed by atoms with Crippen LogP contribution in [0.4, 0.5) is 0 Å². The summed E-state index contributed by atoms with van der Waals surface area (Å²) in [4.78, 5) is 43.3. The Bertz CT molecular complexity index is 1730. The summed E-state index contributed by atoms with van der Waals surface area (Å²) in [5.74, 6) is -0.345. The van der Waals surface area contributed by atoms with Crippen LogP contribution in [0.1, 0.15) is 71.9 Å². The van der Waals surface area contributed by atoms with Gasteiger partial charge < -0.3 is 47.4 Å². The number of hydrogen-bond acceptors (Lipinski definition) is 13. The van der Waals surface area contributed by atoms with Crippen LogP contribution in [0.5, 0.6) is 0 Å². The predicted molar refractivity (Wildman–Crippen MR) is 216 cm³/mol. The van der Waals surface area contributed by atoms with E-state index in [4.69, 9.17) is 42.3 Å². The third kappa shape index (κ3) is 10.2. The summed E-state index contributed by atoms with van der Waals surface area (Å²) in [6.45, 7) is 15.8. The number of aliphatic hydroxyl groups excluding tert-OH is 1. The standard InChI is InChI=1S/C44H62O13Si/c1-12-42(13-2)53-35(33(45)26-21-27-34(52-29-32-24-19-16-20-25-32)30(4)28-31-22-17-15-18-23-31)36(55-42)44(40(48)51-14-3,57-58(9,10)11)43(39(47)50-8)37(38(46)49-7)54-41(5,6)56-43/h15-20,22-25,30,33-37,45H,12-14,27-29H2,1-11H3/t30-,33?,34-,35+,36-,37-,43-,44+/m1/s1. The summed E-state index contributed by atoms with van der Waals surface area (Å²) < 4.78 is 55.5. The van der Waals surface area contributed by atoms with E-state index in [1.165, 1.54) is 13.8 Å². The molecule has 1 N–H and O–H groups in total. The Morgan fingerprint density at radius 2 is 1.50 bits per heavy atom. The summed E-state index contributed by atoms with van der Waals surface area (Å²) >= 11 is 0. The van der Waals surface area contributed by atoms with Crippen LogP contribution in [-0.2, 0) is 69.7 Å². The quantitative estimate of drug-likeness (QED) is 0.0823. The molecule has 0 radical (unpaired) electrons. The molecule has 2 aliphatic heterocycles. The Balaban J connectivity index is 1.88. The fourth-order valence-electron chi connectivity index (χ4n) is 7.68. The lowest BCUT2D eigenvalue weighted by atomic mass is 9.72. The second-order valence-corrected chi connectivity index (χ2v) is 20.6. The van der Waals surface area contributed by atoms with Gasteiger partial charge in [0.05, 0.1) is 33.5 Å². The number of aliphatic hydroxyl groups is 1. The zero-order valence-electron chi connectivity index (χ0n) is 35.8. The van der Waals surface area contributed by atoms with Gasteiger partial charge in [-0.2, -0.15) is 0 Å². The van der Waals surface area contributed by atoms with E-state index >= 15 is 0 Å². The summed E-state index contributed by atoms with van der Waals surface area (Å²) in [6.07, 6.45) is -5.59. The van der Waals surface area contributed by atoms with E-state index in [9.17, 15) is 19.5 Å². The van der Waals surface area contributed by atoms with E-state index in [1.807, 2.05) is 62.4 Å². The van der Waals surface area contributed by atoms with Gasteiger partial charge in [0.2, 0.25) is 17.3 Å². The van der Waals surface area contributed by atoms with Crippen LogP contribution < -0.4 is 0 Å². The van der Waals surface area contributed by atoms with Crippen LogP contribution >= 0.6 is 0 Å². The minimum absolute atomic E-state index is 0.0313. The number of benzene rings is 2. The number of hydrogen-bond donors (Lipinski definition) is 1. The lowest BCUT2D eigenvalue weighted by Crippen LogP contribution is -2.79. The van der Waals surface area contributed by atoms with Crippen molar-refractivity contribution in [2.24, 2.45) is 5.92 Å². The van der Waals surface area contributed by atoms with Crippen molar-refractivity contribution in [1.82, 2.24) is 0 Å². The van der Waals surface area contributed by atoms with Crippen molar-refractivity contribution < 1.29 is 61.8 Å². The largest absolute Gasteiger partial charge is 0.467 e. The number of carbonyl (C=O) groups is 3. The molecule has 2 heterocycles. The van der Waals surface area contributed by atoms with Crippen LogP contribution in [0.25, 0.3) is 0 Å². The summed E-state index contributed by atoms with van der Waals surface area (Å²) in [5, 5.41) is 12.2. The van der Waals surface area contributed by atoms with Crippen LogP contribution in [0, 0.1) is 17.8 Å². The van der Waals surface area contributed by atoms with Crippen molar-refractivity contribution in [1.29, 1.82) is 0 Å². The Labute approximate surface area is 344 Å².